The molecule has 0 radical (unpaired) electrons. The highest BCUT2D eigenvalue weighted by molar-refractivity contribution is 5.96. The quantitative estimate of drug-likeness (QED) is 0.158. The van der Waals surface area contributed by atoms with Gasteiger partial charge >= 0.3 is 23.9 Å². The Morgan fingerprint density at radius 3 is 2.09 bits per heavy atom. The smallest absolute Gasteiger partial charge is 0.356 e. The number of carboxylic acid groups (broad SMARTS) is 3. The van der Waals surface area contributed by atoms with E-state index in [0.29, 0.717) is 12.1 Å². The van der Waals surface area contributed by atoms with Crippen LogP contribution >= 0.6 is 0 Å². The molecule has 1 aromatic rings. The van der Waals surface area contributed by atoms with Gasteiger partial charge in [-0.1, -0.05) is 31.9 Å². The first-order valence-corrected chi connectivity index (χ1v) is 10.4. The minimum absolute atomic E-state index is 0.00786. The van der Waals surface area contributed by atoms with Crippen molar-refractivity contribution in [1.82, 2.24) is 16.0 Å². The zero-order valence-electron chi connectivity index (χ0n) is 18.2. The summed E-state index contributed by atoms with van der Waals surface area (Å²) >= 11 is 0. The van der Waals surface area contributed by atoms with Crippen LogP contribution in [0.5, 0.6) is 5.75 Å². The van der Waals surface area contributed by atoms with E-state index >= 15 is 0 Å². The number of carbonyl (C=O) groups excluding carboxylic acids is 2. The van der Waals surface area contributed by atoms with Gasteiger partial charge in [0.1, 0.15) is 11.8 Å². The summed E-state index contributed by atoms with van der Waals surface area (Å²) in [5, 5.41) is 34.1. The van der Waals surface area contributed by atoms with Crippen LogP contribution < -0.4 is 20.7 Å². The Balaban J connectivity index is 2.82. The van der Waals surface area contributed by atoms with E-state index in [4.69, 9.17) is 20.1 Å². The zero-order chi connectivity index (χ0) is 24.8. The van der Waals surface area contributed by atoms with E-state index in [0.717, 1.165) is 19.3 Å². The molecule has 1 aromatic carbocycles. The van der Waals surface area contributed by atoms with E-state index < -0.39 is 42.0 Å². The van der Waals surface area contributed by atoms with Crippen molar-refractivity contribution in [2.75, 3.05) is 13.1 Å². The molecule has 0 aromatic heterocycles. The number of hydrogen-bond acceptors (Lipinski definition) is 6. The second-order valence-electron chi connectivity index (χ2n) is 7.12. The third-order valence-corrected chi connectivity index (χ3v) is 4.39. The summed E-state index contributed by atoms with van der Waals surface area (Å²) in [6.45, 7) is 2.35. The highest BCUT2D eigenvalue weighted by Crippen LogP contribution is 2.15. The molecule has 0 aliphatic heterocycles. The first-order chi connectivity index (χ1) is 15.6. The number of aliphatic carboxylic acids is 3. The lowest BCUT2D eigenvalue weighted by Crippen LogP contribution is -2.51. The van der Waals surface area contributed by atoms with Crippen molar-refractivity contribution in [2.45, 2.75) is 51.2 Å². The molecular weight excluding hydrogens is 438 g/mol. The second-order valence-corrected chi connectivity index (χ2v) is 7.12. The Morgan fingerprint density at radius 2 is 1.55 bits per heavy atom. The van der Waals surface area contributed by atoms with Crippen molar-refractivity contribution in [1.29, 1.82) is 0 Å². The molecular formula is C21H29N3O9. The van der Waals surface area contributed by atoms with Gasteiger partial charge in [-0.05, 0) is 24.1 Å². The van der Waals surface area contributed by atoms with Gasteiger partial charge in [0.15, 0.2) is 0 Å². The van der Waals surface area contributed by atoms with Gasteiger partial charge in [-0.2, -0.15) is 0 Å². The lowest BCUT2D eigenvalue weighted by molar-refractivity contribution is -0.159. The van der Waals surface area contributed by atoms with E-state index in [1.807, 2.05) is 6.92 Å². The SMILES string of the molecule is CCCCCNC(=O)[C@H](Cc1ccc(OC(C(=O)O)C(=O)O)cc1)NC(=O)NCCC(=O)O. The molecule has 1 rings (SSSR count). The van der Waals surface area contributed by atoms with Gasteiger partial charge in [-0.15, -0.1) is 0 Å². The molecule has 0 heterocycles. The summed E-state index contributed by atoms with van der Waals surface area (Å²) in [5.41, 5.74) is 0.587. The highest BCUT2D eigenvalue weighted by Gasteiger charge is 2.28. The number of hydrogen-bond donors (Lipinski definition) is 6. The van der Waals surface area contributed by atoms with Crippen molar-refractivity contribution < 1.29 is 44.0 Å². The van der Waals surface area contributed by atoms with Crippen molar-refractivity contribution in [3.63, 3.8) is 0 Å². The van der Waals surface area contributed by atoms with Gasteiger partial charge in [-0.3, -0.25) is 9.59 Å². The minimum Gasteiger partial charge on any atom is -0.481 e. The van der Waals surface area contributed by atoms with Crippen LogP contribution in [0.25, 0.3) is 0 Å². The minimum atomic E-state index is -2.06. The standard InChI is InChI=1S/C21H29N3O9/c1-2-3-4-10-22-18(27)15(24-21(32)23-11-9-16(25)26)12-13-5-7-14(8-6-13)33-17(19(28)29)20(30)31/h5-8,15,17H,2-4,9-12H2,1H3,(H,22,27)(H,25,26)(H,28,29)(H,30,31)(H2,23,24,32)/t15-/m0/s1. The Morgan fingerprint density at radius 1 is 0.909 bits per heavy atom. The van der Waals surface area contributed by atoms with Crippen LogP contribution in [0.15, 0.2) is 24.3 Å². The third kappa shape index (κ3) is 10.8. The Hall–Kier alpha value is -3.83. The molecule has 182 valence electrons. The molecule has 0 aliphatic carbocycles. The molecule has 1 atom stereocenters. The number of carboxylic acids is 3. The molecule has 0 spiro atoms. The Kier molecular flexibility index (Phi) is 11.8. The van der Waals surface area contributed by atoms with E-state index in [-0.39, 0.29) is 25.1 Å². The van der Waals surface area contributed by atoms with Crippen LogP contribution in [0, 0.1) is 0 Å². The maximum absolute atomic E-state index is 12.6. The van der Waals surface area contributed by atoms with Crippen LogP contribution in [0.3, 0.4) is 0 Å². The first-order valence-electron chi connectivity index (χ1n) is 10.4. The number of amides is 3. The Bertz CT molecular complexity index is 813. The average Bonchev–Trinajstić information content (AvgIpc) is 2.74. The van der Waals surface area contributed by atoms with Crippen LogP contribution in [-0.2, 0) is 25.6 Å². The van der Waals surface area contributed by atoms with E-state index in [1.54, 1.807) is 0 Å². The predicted molar refractivity (Wildman–Crippen MR) is 115 cm³/mol. The fourth-order valence-electron chi connectivity index (χ4n) is 2.69. The molecule has 0 fully saturated rings. The predicted octanol–water partition coefficient (Wildman–Crippen LogP) is 0.595. The molecule has 6 N–H and O–H groups in total. The molecule has 3 amide bonds. The number of benzene rings is 1. The normalized spacial score (nSPS) is 11.3. The van der Waals surface area contributed by atoms with Gasteiger partial charge in [0.25, 0.3) is 6.10 Å². The van der Waals surface area contributed by atoms with Crippen molar-refractivity contribution in [3.8, 4) is 5.75 Å². The monoisotopic (exact) mass is 467 g/mol. The van der Waals surface area contributed by atoms with Gasteiger partial charge in [-0.25, -0.2) is 14.4 Å². The van der Waals surface area contributed by atoms with Gasteiger partial charge in [0.05, 0.1) is 6.42 Å². The van der Waals surface area contributed by atoms with Gasteiger partial charge < -0.3 is 36.0 Å². The molecule has 0 unspecified atom stereocenters. The first kappa shape index (κ1) is 27.2. The number of carbonyl (C=O) groups is 5. The van der Waals surface area contributed by atoms with Crippen LogP contribution in [0.1, 0.15) is 38.2 Å². The van der Waals surface area contributed by atoms with E-state index in [2.05, 4.69) is 16.0 Å². The lowest BCUT2D eigenvalue weighted by atomic mass is 10.0. The van der Waals surface area contributed by atoms with Crippen molar-refractivity contribution in [2.24, 2.45) is 0 Å². The fraction of sp³-hybridized carbons (Fsp3) is 0.476. The number of nitrogens with one attached hydrogen (secondary N) is 3. The number of unbranched alkanes of at least 4 members (excludes halogenated alkanes) is 2. The average molecular weight is 467 g/mol. The largest absolute Gasteiger partial charge is 0.481 e. The molecule has 33 heavy (non-hydrogen) atoms. The summed E-state index contributed by atoms with van der Waals surface area (Å²) in [7, 11) is 0. The number of ether oxygens (including phenoxy) is 1. The van der Waals surface area contributed by atoms with Crippen LogP contribution in [0.2, 0.25) is 0 Å². The van der Waals surface area contributed by atoms with Crippen LogP contribution in [0.4, 0.5) is 4.79 Å². The fourth-order valence-corrected chi connectivity index (χ4v) is 2.69. The van der Waals surface area contributed by atoms with E-state index in [1.165, 1.54) is 24.3 Å². The number of urea groups is 1. The maximum atomic E-state index is 12.6. The summed E-state index contributed by atoms with van der Waals surface area (Å²) in [6.07, 6.45) is 0.434. The molecule has 0 saturated heterocycles. The summed E-state index contributed by atoms with van der Waals surface area (Å²) in [6, 6.07) is 4.08. The zero-order valence-corrected chi connectivity index (χ0v) is 18.2. The summed E-state index contributed by atoms with van der Waals surface area (Å²) in [5.74, 6) is -4.78. The second kappa shape index (κ2) is 14.3. The molecule has 0 saturated carbocycles. The topological polar surface area (TPSA) is 191 Å². The van der Waals surface area contributed by atoms with Crippen molar-refractivity contribution in [3.05, 3.63) is 29.8 Å². The molecule has 0 aliphatic rings. The van der Waals surface area contributed by atoms with Gasteiger partial charge in [0.2, 0.25) is 5.91 Å². The van der Waals surface area contributed by atoms with Gasteiger partial charge in [0, 0.05) is 19.5 Å². The lowest BCUT2D eigenvalue weighted by Gasteiger charge is -2.19. The highest BCUT2D eigenvalue weighted by atomic mass is 16.5. The van der Waals surface area contributed by atoms with E-state index in [9.17, 15) is 24.0 Å². The van der Waals surface area contributed by atoms with Crippen LogP contribution in [-0.4, -0.2) is 70.4 Å². The molecule has 12 nitrogen and oxygen atoms in total. The molecule has 0 bridgehead atoms. The number of rotatable bonds is 15. The molecule has 12 heteroatoms. The summed E-state index contributed by atoms with van der Waals surface area (Å²) in [4.78, 5) is 57.1. The maximum Gasteiger partial charge on any atom is 0.356 e. The Labute approximate surface area is 190 Å². The summed E-state index contributed by atoms with van der Waals surface area (Å²) < 4.78 is 4.94. The van der Waals surface area contributed by atoms with Crippen molar-refractivity contribution >= 4 is 29.8 Å². The third-order valence-electron chi connectivity index (χ3n) is 4.39.